The summed E-state index contributed by atoms with van der Waals surface area (Å²) in [4.78, 5) is 15.1. The third-order valence-electron chi connectivity index (χ3n) is 4.30. The first-order chi connectivity index (χ1) is 10.6. The first kappa shape index (κ1) is 15.2. The van der Waals surface area contributed by atoms with E-state index < -0.39 is 0 Å². The molecule has 1 saturated heterocycles. The van der Waals surface area contributed by atoms with Crippen molar-refractivity contribution in [3.05, 3.63) is 52.8 Å². The fraction of sp³-hybridized carbons (Fsp3) is 0.412. The number of aromatic nitrogens is 2. The lowest BCUT2D eigenvalue weighted by molar-refractivity contribution is 0.0700. The van der Waals surface area contributed by atoms with Gasteiger partial charge in [0, 0.05) is 30.8 Å². The van der Waals surface area contributed by atoms with Crippen molar-refractivity contribution in [2.45, 2.75) is 19.9 Å². The molecule has 5 heteroatoms. The van der Waals surface area contributed by atoms with Crippen molar-refractivity contribution in [1.29, 1.82) is 0 Å². The normalized spacial score (nSPS) is 18.5. The second kappa shape index (κ2) is 6.16. The molecule has 116 valence electrons. The summed E-state index contributed by atoms with van der Waals surface area (Å²) in [5.74, 6) is 2.05. The predicted molar refractivity (Wildman–Crippen MR) is 90.2 cm³/mol. The molecule has 22 heavy (non-hydrogen) atoms. The molecule has 1 aliphatic heterocycles. The van der Waals surface area contributed by atoms with Gasteiger partial charge in [0.25, 0.3) is 5.91 Å². The van der Waals surface area contributed by atoms with Crippen LogP contribution in [0.5, 0.6) is 0 Å². The molecule has 1 aromatic carbocycles. The lowest BCUT2D eigenvalue weighted by Crippen LogP contribution is -2.41. The van der Waals surface area contributed by atoms with E-state index in [1.165, 1.54) is 5.56 Å². The van der Waals surface area contributed by atoms with Crippen LogP contribution >= 0.6 is 11.8 Å². The Balaban J connectivity index is 1.95. The maximum absolute atomic E-state index is 13.1. The smallest absolute Gasteiger partial charge is 0.258 e. The highest BCUT2D eigenvalue weighted by Gasteiger charge is 2.31. The molecule has 1 aliphatic rings. The molecule has 1 aromatic heterocycles. The lowest BCUT2D eigenvalue weighted by Gasteiger charge is -2.36. The van der Waals surface area contributed by atoms with Crippen molar-refractivity contribution in [3.63, 3.8) is 0 Å². The van der Waals surface area contributed by atoms with Gasteiger partial charge in [-0.25, -0.2) is 0 Å². The van der Waals surface area contributed by atoms with Crippen molar-refractivity contribution < 1.29 is 4.79 Å². The number of thioether (sulfide) groups is 1. The third kappa shape index (κ3) is 2.65. The number of amides is 1. The Morgan fingerprint density at radius 1 is 1.27 bits per heavy atom. The van der Waals surface area contributed by atoms with Gasteiger partial charge in [0.15, 0.2) is 0 Å². The molecule has 4 nitrogen and oxygen atoms in total. The van der Waals surface area contributed by atoms with E-state index in [1.807, 2.05) is 55.8 Å². The molecule has 2 aromatic rings. The summed E-state index contributed by atoms with van der Waals surface area (Å²) >= 11 is 1.91. The number of hydrogen-bond donors (Lipinski definition) is 0. The fourth-order valence-electron chi connectivity index (χ4n) is 3.02. The number of carbonyl (C=O) groups is 1. The zero-order valence-corrected chi connectivity index (χ0v) is 14.1. The number of benzene rings is 1. The number of rotatable bonds is 2. The van der Waals surface area contributed by atoms with E-state index in [9.17, 15) is 4.79 Å². The summed E-state index contributed by atoms with van der Waals surface area (Å²) in [6, 6.07) is 10.5. The second-order valence-electron chi connectivity index (χ2n) is 5.67. The second-order valence-corrected chi connectivity index (χ2v) is 6.82. The zero-order chi connectivity index (χ0) is 15.7. The maximum atomic E-state index is 13.1. The van der Waals surface area contributed by atoms with Gasteiger partial charge in [-0.3, -0.25) is 9.48 Å². The Labute approximate surface area is 135 Å². The van der Waals surface area contributed by atoms with E-state index in [2.05, 4.69) is 17.2 Å². The average molecular weight is 315 g/mol. The van der Waals surface area contributed by atoms with Gasteiger partial charge in [0.1, 0.15) is 0 Å². The molecule has 3 rings (SSSR count). The van der Waals surface area contributed by atoms with Crippen molar-refractivity contribution >= 4 is 17.7 Å². The molecule has 0 aliphatic carbocycles. The van der Waals surface area contributed by atoms with Crippen LogP contribution in [0.4, 0.5) is 0 Å². The summed E-state index contributed by atoms with van der Waals surface area (Å²) in [6.07, 6.45) is 0. The van der Waals surface area contributed by atoms with Crippen LogP contribution in [-0.4, -0.2) is 38.6 Å². The van der Waals surface area contributed by atoms with Crippen molar-refractivity contribution in [2.24, 2.45) is 7.05 Å². The predicted octanol–water partition coefficient (Wildman–Crippen LogP) is 2.97. The molecule has 1 atom stereocenters. The molecule has 0 spiro atoms. The van der Waals surface area contributed by atoms with Crippen LogP contribution in [0.1, 0.15) is 33.4 Å². The van der Waals surface area contributed by atoms with Gasteiger partial charge < -0.3 is 4.90 Å². The average Bonchev–Trinajstić information content (AvgIpc) is 2.80. The zero-order valence-electron chi connectivity index (χ0n) is 13.2. The molecule has 0 N–H and O–H groups in total. The Kier molecular flexibility index (Phi) is 4.25. The molecule has 1 fully saturated rings. The van der Waals surface area contributed by atoms with Gasteiger partial charge in [0.05, 0.1) is 17.3 Å². The van der Waals surface area contributed by atoms with Crippen LogP contribution in [-0.2, 0) is 7.05 Å². The summed E-state index contributed by atoms with van der Waals surface area (Å²) in [6.45, 7) is 4.66. The summed E-state index contributed by atoms with van der Waals surface area (Å²) in [7, 11) is 1.89. The number of hydrogen-bond acceptors (Lipinski definition) is 3. The van der Waals surface area contributed by atoms with Crippen molar-refractivity contribution in [2.75, 3.05) is 18.1 Å². The highest BCUT2D eigenvalue weighted by molar-refractivity contribution is 7.99. The Morgan fingerprint density at radius 2 is 2.00 bits per heavy atom. The Morgan fingerprint density at radius 3 is 2.64 bits per heavy atom. The van der Waals surface area contributed by atoms with Gasteiger partial charge in [-0.05, 0) is 19.4 Å². The lowest BCUT2D eigenvalue weighted by atomic mass is 10.0. The topological polar surface area (TPSA) is 38.1 Å². The molecular weight excluding hydrogens is 294 g/mol. The van der Waals surface area contributed by atoms with Gasteiger partial charge in [-0.15, -0.1) is 0 Å². The van der Waals surface area contributed by atoms with Gasteiger partial charge >= 0.3 is 0 Å². The fourth-order valence-corrected chi connectivity index (χ4v) is 4.11. The van der Waals surface area contributed by atoms with Crippen LogP contribution in [0.15, 0.2) is 30.3 Å². The molecule has 2 heterocycles. The van der Waals surface area contributed by atoms with E-state index in [4.69, 9.17) is 0 Å². The van der Waals surface area contributed by atoms with Gasteiger partial charge in [-0.1, -0.05) is 30.3 Å². The van der Waals surface area contributed by atoms with E-state index in [0.29, 0.717) is 0 Å². The minimum atomic E-state index is 0.109. The molecule has 0 saturated carbocycles. The van der Waals surface area contributed by atoms with E-state index in [1.54, 1.807) is 4.68 Å². The standard InChI is InChI=1S/C17H21N3OS/c1-12-16(13(2)19(3)18-12)17(21)20-9-10-22-11-15(20)14-7-5-4-6-8-14/h4-8,15H,9-11H2,1-3H3/t15-/m0/s1. The van der Waals surface area contributed by atoms with Crippen LogP contribution in [0.3, 0.4) is 0 Å². The monoisotopic (exact) mass is 315 g/mol. The van der Waals surface area contributed by atoms with Crippen LogP contribution in [0.2, 0.25) is 0 Å². The first-order valence-electron chi connectivity index (χ1n) is 7.53. The van der Waals surface area contributed by atoms with Gasteiger partial charge in [0.2, 0.25) is 0 Å². The van der Waals surface area contributed by atoms with Crippen molar-refractivity contribution in [3.8, 4) is 0 Å². The van der Waals surface area contributed by atoms with Crippen LogP contribution in [0.25, 0.3) is 0 Å². The summed E-state index contributed by atoms with van der Waals surface area (Å²) in [5, 5.41) is 4.39. The Bertz CT molecular complexity index is 681. The van der Waals surface area contributed by atoms with Gasteiger partial charge in [-0.2, -0.15) is 16.9 Å². The quantitative estimate of drug-likeness (QED) is 0.855. The SMILES string of the molecule is Cc1nn(C)c(C)c1C(=O)N1CCSC[C@H]1c1ccccc1. The number of nitrogens with zero attached hydrogens (tertiary/aromatic N) is 3. The van der Waals surface area contributed by atoms with E-state index in [-0.39, 0.29) is 11.9 Å². The van der Waals surface area contributed by atoms with E-state index >= 15 is 0 Å². The van der Waals surface area contributed by atoms with Crippen molar-refractivity contribution in [1.82, 2.24) is 14.7 Å². The molecular formula is C17H21N3OS. The van der Waals surface area contributed by atoms with Crippen LogP contribution in [0, 0.1) is 13.8 Å². The molecule has 0 unspecified atom stereocenters. The highest BCUT2D eigenvalue weighted by atomic mass is 32.2. The number of carbonyl (C=O) groups excluding carboxylic acids is 1. The summed E-state index contributed by atoms with van der Waals surface area (Å²) in [5.41, 5.74) is 3.72. The van der Waals surface area contributed by atoms with E-state index in [0.717, 1.165) is 35.0 Å². The minimum absolute atomic E-state index is 0.109. The van der Waals surface area contributed by atoms with Crippen LogP contribution < -0.4 is 0 Å². The Hall–Kier alpha value is -1.75. The first-order valence-corrected chi connectivity index (χ1v) is 8.69. The largest absolute Gasteiger partial charge is 0.330 e. The maximum Gasteiger partial charge on any atom is 0.258 e. The summed E-state index contributed by atoms with van der Waals surface area (Å²) < 4.78 is 1.79. The highest BCUT2D eigenvalue weighted by Crippen LogP contribution is 2.31. The molecule has 0 radical (unpaired) electrons. The third-order valence-corrected chi connectivity index (χ3v) is 5.32. The number of aryl methyl sites for hydroxylation is 2. The molecule has 0 bridgehead atoms. The minimum Gasteiger partial charge on any atom is -0.330 e. The molecule has 1 amide bonds.